The molecule has 1 aromatic carbocycles. The maximum absolute atomic E-state index is 13.9. The van der Waals surface area contributed by atoms with Crippen molar-refractivity contribution in [3.63, 3.8) is 0 Å². The molecule has 1 saturated carbocycles. The van der Waals surface area contributed by atoms with Crippen LogP contribution in [0.25, 0.3) is 0 Å². The van der Waals surface area contributed by atoms with Gasteiger partial charge < -0.3 is 9.80 Å². The van der Waals surface area contributed by atoms with Crippen LogP contribution in [0.2, 0.25) is 0 Å². The first-order chi connectivity index (χ1) is 11.6. The number of hydrogen-bond donors (Lipinski definition) is 0. The summed E-state index contributed by atoms with van der Waals surface area (Å²) in [7, 11) is 0. The Bertz CT molecular complexity index is 724. The Morgan fingerprint density at radius 1 is 1.17 bits per heavy atom. The first-order valence-electron chi connectivity index (χ1n) is 8.02. The summed E-state index contributed by atoms with van der Waals surface area (Å²) in [4.78, 5) is 20.9. The SMILES string of the molecule is O=C([C@H]1C[C@@H]1c1c(F)cccc1F)N1CCN(c2nccs2)CC1. The van der Waals surface area contributed by atoms with Gasteiger partial charge in [-0.25, -0.2) is 13.8 Å². The number of piperazine rings is 1. The molecule has 0 bridgehead atoms. The number of thiazole rings is 1. The van der Waals surface area contributed by atoms with Crippen molar-refractivity contribution in [3.8, 4) is 0 Å². The monoisotopic (exact) mass is 349 g/mol. The molecule has 4 nitrogen and oxygen atoms in total. The van der Waals surface area contributed by atoms with E-state index in [4.69, 9.17) is 0 Å². The van der Waals surface area contributed by atoms with Crippen LogP contribution in [0.4, 0.5) is 13.9 Å². The number of rotatable bonds is 3. The van der Waals surface area contributed by atoms with Crippen molar-refractivity contribution in [2.45, 2.75) is 12.3 Å². The Balaban J connectivity index is 1.38. The van der Waals surface area contributed by atoms with Crippen LogP contribution < -0.4 is 4.90 Å². The fraction of sp³-hybridized carbons (Fsp3) is 0.412. The van der Waals surface area contributed by atoms with E-state index in [1.807, 2.05) is 10.3 Å². The van der Waals surface area contributed by atoms with Crippen LogP contribution in [0.3, 0.4) is 0 Å². The minimum atomic E-state index is -0.552. The number of carbonyl (C=O) groups excluding carboxylic acids is 1. The highest BCUT2D eigenvalue weighted by Gasteiger charge is 2.48. The molecule has 1 saturated heterocycles. The molecule has 0 spiro atoms. The topological polar surface area (TPSA) is 36.4 Å². The molecule has 24 heavy (non-hydrogen) atoms. The molecular weight excluding hydrogens is 332 g/mol. The highest BCUT2D eigenvalue weighted by atomic mass is 32.1. The molecule has 1 amide bonds. The summed E-state index contributed by atoms with van der Waals surface area (Å²) in [6, 6.07) is 3.86. The third kappa shape index (κ3) is 2.77. The van der Waals surface area contributed by atoms with Gasteiger partial charge in [-0.05, 0) is 18.6 Å². The van der Waals surface area contributed by atoms with Gasteiger partial charge in [0, 0.05) is 55.2 Å². The van der Waals surface area contributed by atoms with E-state index in [0.29, 0.717) is 19.5 Å². The van der Waals surface area contributed by atoms with E-state index in [1.54, 1.807) is 17.5 Å². The first kappa shape index (κ1) is 15.5. The third-order valence-electron chi connectivity index (χ3n) is 4.76. The van der Waals surface area contributed by atoms with E-state index < -0.39 is 11.6 Å². The zero-order chi connectivity index (χ0) is 16.7. The van der Waals surface area contributed by atoms with Gasteiger partial charge in [0.1, 0.15) is 11.6 Å². The van der Waals surface area contributed by atoms with Crippen LogP contribution in [0.1, 0.15) is 17.9 Å². The Morgan fingerprint density at radius 2 is 1.88 bits per heavy atom. The van der Waals surface area contributed by atoms with Crippen molar-refractivity contribution in [1.82, 2.24) is 9.88 Å². The third-order valence-corrected chi connectivity index (χ3v) is 5.59. The number of aromatic nitrogens is 1. The average Bonchev–Trinajstić information content (AvgIpc) is 3.16. The van der Waals surface area contributed by atoms with Crippen LogP contribution in [0, 0.1) is 17.6 Å². The van der Waals surface area contributed by atoms with Gasteiger partial charge in [-0.3, -0.25) is 4.79 Å². The maximum atomic E-state index is 13.9. The van der Waals surface area contributed by atoms with E-state index in [1.165, 1.54) is 18.2 Å². The van der Waals surface area contributed by atoms with Crippen molar-refractivity contribution < 1.29 is 13.6 Å². The molecule has 2 atom stereocenters. The summed E-state index contributed by atoms with van der Waals surface area (Å²) in [5, 5.41) is 2.91. The molecule has 2 aromatic rings. The summed E-state index contributed by atoms with van der Waals surface area (Å²) in [5.74, 6) is -1.70. The molecule has 126 valence electrons. The molecule has 4 rings (SSSR count). The van der Waals surface area contributed by atoms with Crippen LogP contribution >= 0.6 is 11.3 Å². The summed E-state index contributed by atoms with van der Waals surface area (Å²) in [6.45, 7) is 2.73. The molecular formula is C17H17F2N3OS. The van der Waals surface area contributed by atoms with Gasteiger partial charge in [0.25, 0.3) is 0 Å². The van der Waals surface area contributed by atoms with E-state index in [-0.39, 0.29) is 23.3 Å². The average molecular weight is 349 g/mol. The number of halogens is 2. The van der Waals surface area contributed by atoms with E-state index in [2.05, 4.69) is 9.88 Å². The number of anilines is 1. The minimum absolute atomic E-state index is 0.0152. The zero-order valence-corrected chi connectivity index (χ0v) is 13.8. The smallest absolute Gasteiger partial charge is 0.226 e. The summed E-state index contributed by atoms with van der Waals surface area (Å²) >= 11 is 1.59. The van der Waals surface area contributed by atoms with Crippen molar-refractivity contribution in [3.05, 3.63) is 47.0 Å². The Labute approximate surface area is 142 Å². The normalized spacial score (nSPS) is 23.4. The lowest BCUT2D eigenvalue weighted by Crippen LogP contribution is -2.49. The predicted octanol–water partition coefficient (Wildman–Crippen LogP) is 2.87. The van der Waals surface area contributed by atoms with Gasteiger partial charge in [0.05, 0.1) is 0 Å². The Kier molecular flexibility index (Phi) is 3.96. The molecule has 0 unspecified atom stereocenters. The van der Waals surface area contributed by atoms with E-state index in [9.17, 15) is 13.6 Å². The van der Waals surface area contributed by atoms with Crippen molar-refractivity contribution in [2.24, 2.45) is 5.92 Å². The largest absolute Gasteiger partial charge is 0.345 e. The molecule has 0 N–H and O–H groups in total. The summed E-state index contributed by atoms with van der Waals surface area (Å²) in [5.41, 5.74) is 0.0669. The molecule has 7 heteroatoms. The van der Waals surface area contributed by atoms with Crippen molar-refractivity contribution in [2.75, 3.05) is 31.1 Å². The minimum Gasteiger partial charge on any atom is -0.345 e. The van der Waals surface area contributed by atoms with Crippen LogP contribution in [0.15, 0.2) is 29.8 Å². The fourth-order valence-corrected chi connectivity index (χ4v) is 4.07. The molecule has 2 fully saturated rings. The molecule has 0 radical (unpaired) electrons. The van der Waals surface area contributed by atoms with Gasteiger partial charge in [0.2, 0.25) is 5.91 Å². The lowest BCUT2D eigenvalue weighted by Gasteiger charge is -2.34. The predicted molar refractivity (Wildman–Crippen MR) is 88.1 cm³/mol. The standard InChI is InChI=1S/C17H17F2N3OS/c18-13-2-1-3-14(19)15(13)11-10-12(11)16(23)21-5-7-22(8-6-21)17-20-4-9-24-17/h1-4,9,11-12H,5-8,10H2/t11-,12-/m0/s1. The number of benzene rings is 1. The summed E-state index contributed by atoms with van der Waals surface area (Å²) < 4.78 is 27.7. The van der Waals surface area contributed by atoms with Crippen molar-refractivity contribution in [1.29, 1.82) is 0 Å². The van der Waals surface area contributed by atoms with Crippen LogP contribution in [-0.4, -0.2) is 42.0 Å². The second-order valence-corrected chi connectivity index (χ2v) is 7.08. The Hall–Kier alpha value is -2.02. The molecule has 2 aliphatic rings. The first-order valence-corrected chi connectivity index (χ1v) is 8.90. The van der Waals surface area contributed by atoms with Crippen LogP contribution in [0.5, 0.6) is 0 Å². The fourth-order valence-electron chi connectivity index (χ4n) is 3.38. The second kappa shape index (κ2) is 6.12. The second-order valence-electron chi connectivity index (χ2n) is 6.21. The lowest BCUT2D eigenvalue weighted by atomic mass is 10.1. The van der Waals surface area contributed by atoms with Crippen LogP contribution in [-0.2, 0) is 4.79 Å². The van der Waals surface area contributed by atoms with Gasteiger partial charge in [0.15, 0.2) is 5.13 Å². The number of hydrogen-bond acceptors (Lipinski definition) is 4. The van der Waals surface area contributed by atoms with Gasteiger partial charge >= 0.3 is 0 Å². The molecule has 1 aromatic heterocycles. The maximum Gasteiger partial charge on any atom is 0.226 e. The van der Waals surface area contributed by atoms with Gasteiger partial charge in [-0.15, -0.1) is 11.3 Å². The van der Waals surface area contributed by atoms with Gasteiger partial charge in [-0.1, -0.05) is 6.07 Å². The zero-order valence-electron chi connectivity index (χ0n) is 13.0. The highest BCUT2D eigenvalue weighted by molar-refractivity contribution is 7.13. The molecule has 1 aliphatic heterocycles. The molecule has 2 heterocycles. The van der Waals surface area contributed by atoms with Gasteiger partial charge in [-0.2, -0.15) is 0 Å². The van der Waals surface area contributed by atoms with E-state index >= 15 is 0 Å². The van der Waals surface area contributed by atoms with E-state index in [0.717, 1.165) is 18.2 Å². The quantitative estimate of drug-likeness (QED) is 0.855. The van der Waals surface area contributed by atoms with Crippen molar-refractivity contribution >= 4 is 22.4 Å². The number of carbonyl (C=O) groups is 1. The number of amides is 1. The lowest BCUT2D eigenvalue weighted by molar-refractivity contribution is -0.133. The summed E-state index contributed by atoms with van der Waals surface area (Å²) in [6.07, 6.45) is 2.30. The highest BCUT2D eigenvalue weighted by Crippen LogP contribution is 2.50. The molecule has 1 aliphatic carbocycles. The number of nitrogens with zero attached hydrogens (tertiary/aromatic N) is 3. The Morgan fingerprint density at radius 3 is 2.50 bits per heavy atom.